The summed E-state index contributed by atoms with van der Waals surface area (Å²) in [5.74, 6) is -1.36. The second-order valence-corrected chi connectivity index (χ2v) is 13.6. The number of alkyl halides is 3. The van der Waals surface area contributed by atoms with Gasteiger partial charge in [-0.1, -0.05) is 85.0 Å². The van der Waals surface area contributed by atoms with Gasteiger partial charge in [0.1, 0.15) is 12.6 Å². The predicted octanol–water partition coefficient (Wildman–Crippen LogP) is 6.84. The Balaban J connectivity index is 2.15. The summed E-state index contributed by atoms with van der Waals surface area (Å²) >= 11 is 19.0. The molecule has 3 rings (SSSR count). The standard InChI is InChI=1S/C30H31Cl3F3N3O4S/c1-19(2)16-37-29(41)27(14-20-8-5-4-6-9-20)38(17-22-23(31)10-7-11-24(22)32)28(40)18-39(44(3,42)43)26-15-21(30(34,35)36)12-13-25(26)33/h4-13,15,19,27H,14,16-18H2,1-3H3,(H,37,41)/t27-/m1/s1. The van der Waals surface area contributed by atoms with Crippen LogP contribution in [0.25, 0.3) is 0 Å². The second-order valence-electron chi connectivity index (χ2n) is 10.5. The van der Waals surface area contributed by atoms with E-state index in [4.69, 9.17) is 34.8 Å². The molecule has 0 fully saturated rings. The number of carbonyl (C=O) groups excluding carboxylic acids is 2. The Labute approximate surface area is 269 Å². The molecular formula is C30H31Cl3F3N3O4S. The summed E-state index contributed by atoms with van der Waals surface area (Å²) in [5.41, 5.74) is -0.715. The zero-order chi connectivity index (χ0) is 32.8. The lowest BCUT2D eigenvalue weighted by atomic mass is 10.0. The van der Waals surface area contributed by atoms with Crippen LogP contribution in [-0.2, 0) is 38.8 Å². The van der Waals surface area contributed by atoms with E-state index in [2.05, 4.69) is 5.32 Å². The topological polar surface area (TPSA) is 86.8 Å². The van der Waals surface area contributed by atoms with Crippen molar-refractivity contribution in [3.63, 3.8) is 0 Å². The lowest BCUT2D eigenvalue weighted by Gasteiger charge is -2.34. The summed E-state index contributed by atoms with van der Waals surface area (Å²) in [6.07, 6.45) is -4.04. The van der Waals surface area contributed by atoms with Crippen molar-refractivity contribution >= 4 is 62.3 Å². The molecule has 3 aromatic rings. The van der Waals surface area contributed by atoms with Crippen molar-refractivity contribution in [2.24, 2.45) is 5.92 Å². The maximum Gasteiger partial charge on any atom is 0.416 e. The number of halogens is 6. The third kappa shape index (κ3) is 9.50. The smallest absolute Gasteiger partial charge is 0.354 e. The molecule has 0 bridgehead atoms. The Morgan fingerprint density at radius 1 is 0.909 bits per heavy atom. The second kappa shape index (κ2) is 14.9. The van der Waals surface area contributed by atoms with E-state index in [9.17, 15) is 31.2 Å². The highest BCUT2D eigenvalue weighted by Crippen LogP contribution is 2.36. The third-order valence-corrected chi connectivity index (χ3v) is 8.72. The molecule has 0 aliphatic rings. The van der Waals surface area contributed by atoms with Crippen LogP contribution in [0.2, 0.25) is 15.1 Å². The molecule has 0 aromatic heterocycles. The quantitative estimate of drug-likeness (QED) is 0.225. The van der Waals surface area contributed by atoms with Crippen LogP contribution in [0.1, 0.15) is 30.5 Å². The normalized spacial score (nSPS) is 12.6. The number of amides is 2. The molecule has 0 aliphatic heterocycles. The van der Waals surface area contributed by atoms with Crippen molar-refractivity contribution in [2.75, 3.05) is 23.7 Å². The SMILES string of the molecule is CC(C)CNC(=O)[C@@H](Cc1ccccc1)N(Cc1c(Cl)cccc1Cl)C(=O)CN(c1cc(C(F)(F)F)ccc1Cl)S(C)(=O)=O. The first kappa shape index (κ1) is 35.5. The first-order chi connectivity index (χ1) is 20.5. The van der Waals surface area contributed by atoms with E-state index in [-0.39, 0.29) is 40.5 Å². The molecule has 0 heterocycles. The van der Waals surface area contributed by atoms with Gasteiger partial charge in [0.2, 0.25) is 21.8 Å². The fourth-order valence-electron chi connectivity index (χ4n) is 4.31. The van der Waals surface area contributed by atoms with Crippen molar-refractivity contribution in [2.45, 2.75) is 39.0 Å². The van der Waals surface area contributed by atoms with Gasteiger partial charge in [-0.3, -0.25) is 13.9 Å². The molecular weight excluding hydrogens is 662 g/mol. The number of carbonyl (C=O) groups is 2. The monoisotopic (exact) mass is 691 g/mol. The predicted molar refractivity (Wildman–Crippen MR) is 167 cm³/mol. The Kier molecular flexibility index (Phi) is 12.0. The largest absolute Gasteiger partial charge is 0.416 e. The molecule has 0 saturated heterocycles. The van der Waals surface area contributed by atoms with E-state index in [0.29, 0.717) is 27.6 Å². The minimum Gasteiger partial charge on any atom is -0.354 e. The Morgan fingerprint density at radius 3 is 2.07 bits per heavy atom. The van der Waals surface area contributed by atoms with Crippen molar-refractivity contribution in [1.29, 1.82) is 0 Å². The van der Waals surface area contributed by atoms with E-state index in [1.54, 1.807) is 48.5 Å². The molecule has 7 nitrogen and oxygen atoms in total. The highest BCUT2D eigenvalue weighted by molar-refractivity contribution is 7.92. The van der Waals surface area contributed by atoms with E-state index in [1.807, 2.05) is 13.8 Å². The molecule has 1 atom stereocenters. The van der Waals surface area contributed by atoms with E-state index >= 15 is 0 Å². The van der Waals surface area contributed by atoms with Gasteiger partial charge in [0.15, 0.2) is 0 Å². The first-order valence-electron chi connectivity index (χ1n) is 13.4. The van der Waals surface area contributed by atoms with Crippen molar-refractivity contribution < 1.29 is 31.2 Å². The lowest BCUT2D eigenvalue weighted by molar-refractivity contribution is -0.140. The molecule has 238 valence electrons. The number of sulfonamides is 1. The van der Waals surface area contributed by atoms with Crippen LogP contribution in [0.5, 0.6) is 0 Å². The Bertz CT molecular complexity index is 1570. The van der Waals surface area contributed by atoms with Crippen LogP contribution >= 0.6 is 34.8 Å². The van der Waals surface area contributed by atoms with Gasteiger partial charge in [0.05, 0.1) is 22.5 Å². The molecule has 14 heteroatoms. The molecule has 0 aliphatic carbocycles. The van der Waals surface area contributed by atoms with E-state index < -0.39 is 51.9 Å². The van der Waals surface area contributed by atoms with Crippen molar-refractivity contribution in [3.8, 4) is 0 Å². The Hall–Kier alpha value is -2.99. The number of nitrogens with one attached hydrogen (secondary N) is 1. The van der Waals surface area contributed by atoms with Crippen LogP contribution in [0.15, 0.2) is 66.7 Å². The zero-order valence-corrected chi connectivity index (χ0v) is 27.1. The van der Waals surface area contributed by atoms with Gasteiger partial charge in [-0.2, -0.15) is 13.2 Å². The number of benzene rings is 3. The van der Waals surface area contributed by atoms with Gasteiger partial charge in [-0.05, 0) is 41.8 Å². The van der Waals surface area contributed by atoms with Gasteiger partial charge in [0.25, 0.3) is 0 Å². The van der Waals surface area contributed by atoms with Crippen molar-refractivity contribution in [1.82, 2.24) is 10.2 Å². The molecule has 2 amide bonds. The molecule has 0 saturated carbocycles. The number of nitrogens with zero attached hydrogens (tertiary/aromatic N) is 2. The first-order valence-corrected chi connectivity index (χ1v) is 16.4. The minimum absolute atomic E-state index is 0.0295. The number of hydrogen-bond acceptors (Lipinski definition) is 4. The number of hydrogen-bond donors (Lipinski definition) is 1. The van der Waals surface area contributed by atoms with Gasteiger partial charge < -0.3 is 10.2 Å². The summed E-state index contributed by atoms with van der Waals surface area (Å²) in [5, 5.41) is 2.88. The average molecular weight is 693 g/mol. The van der Waals surface area contributed by atoms with Crippen LogP contribution in [0, 0.1) is 5.92 Å². The van der Waals surface area contributed by atoms with Crippen LogP contribution in [0.3, 0.4) is 0 Å². The summed E-state index contributed by atoms with van der Waals surface area (Å²) in [7, 11) is -4.37. The molecule has 0 radical (unpaired) electrons. The zero-order valence-electron chi connectivity index (χ0n) is 24.0. The third-order valence-electron chi connectivity index (χ3n) is 6.57. The summed E-state index contributed by atoms with van der Waals surface area (Å²) in [4.78, 5) is 29.0. The highest BCUT2D eigenvalue weighted by Gasteiger charge is 2.36. The number of anilines is 1. The minimum atomic E-state index is -4.81. The highest BCUT2D eigenvalue weighted by atomic mass is 35.5. The average Bonchev–Trinajstić information content (AvgIpc) is 2.93. The summed E-state index contributed by atoms with van der Waals surface area (Å²) in [6, 6.07) is 14.5. The van der Waals surface area contributed by atoms with E-state index in [0.717, 1.165) is 17.2 Å². The fraction of sp³-hybridized carbons (Fsp3) is 0.333. The van der Waals surface area contributed by atoms with Gasteiger partial charge in [-0.15, -0.1) is 0 Å². The maximum atomic E-state index is 14.2. The van der Waals surface area contributed by atoms with Gasteiger partial charge in [0, 0.05) is 35.1 Å². The summed E-state index contributed by atoms with van der Waals surface area (Å²) in [6.45, 7) is 2.79. The number of rotatable bonds is 12. The maximum absolute atomic E-state index is 14.2. The molecule has 1 N–H and O–H groups in total. The van der Waals surface area contributed by atoms with Gasteiger partial charge in [-0.25, -0.2) is 8.42 Å². The lowest BCUT2D eigenvalue weighted by Crippen LogP contribution is -2.53. The fourth-order valence-corrected chi connectivity index (χ4v) is 5.95. The van der Waals surface area contributed by atoms with Crippen LogP contribution < -0.4 is 9.62 Å². The molecule has 3 aromatic carbocycles. The van der Waals surface area contributed by atoms with Crippen molar-refractivity contribution in [3.05, 3.63) is 98.5 Å². The van der Waals surface area contributed by atoms with Crippen LogP contribution in [0.4, 0.5) is 18.9 Å². The van der Waals surface area contributed by atoms with E-state index in [1.165, 1.54) is 0 Å². The summed E-state index contributed by atoms with van der Waals surface area (Å²) < 4.78 is 67.0. The Morgan fingerprint density at radius 2 is 1.52 bits per heavy atom. The molecule has 44 heavy (non-hydrogen) atoms. The van der Waals surface area contributed by atoms with Gasteiger partial charge >= 0.3 is 6.18 Å². The molecule has 0 unspecified atom stereocenters. The molecule has 0 spiro atoms. The van der Waals surface area contributed by atoms with Crippen LogP contribution in [-0.4, -0.2) is 50.5 Å².